The minimum Gasteiger partial charge on any atom is -0.388 e. The number of anilines is 2. The van der Waals surface area contributed by atoms with Crippen LogP contribution in [-0.2, 0) is 9.59 Å². The summed E-state index contributed by atoms with van der Waals surface area (Å²) >= 11 is 0. The molecule has 31 heavy (non-hydrogen) atoms. The highest BCUT2D eigenvalue weighted by molar-refractivity contribution is 6.17. The molecule has 3 fully saturated rings. The van der Waals surface area contributed by atoms with Crippen molar-refractivity contribution < 1.29 is 9.59 Å². The summed E-state index contributed by atoms with van der Waals surface area (Å²) in [6.45, 7) is 4.50. The van der Waals surface area contributed by atoms with E-state index >= 15 is 0 Å². The van der Waals surface area contributed by atoms with E-state index in [1.54, 1.807) is 0 Å². The van der Waals surface area contributed by atoms with Gasteiger partial charge < -0.3 is 20.9 Å². The van der Waals surface area contributed by atoms with Crippen molar-refractivity contribution in [3.63, 3.8) is 0 Å². The van der Waals surface area contributed by atoms with Gasteiger partial charge in [0.05, 0.1) is 11.6 Å². The minimum atomic E-state index is -0.568. The zero-order valence-electron chi connectivity index (χ0n) is 18.5. The minimum absolute atomic E-state index is 0.248. The highest BCUT2D eigenvalue weighted by atomic mass is 16.2. The lowest BCUT2D eigenvalue weighted by molar-refractivity contribution is -0.134. The number of amides is 2. The molecule has 0 aromatic heterocycles. The van der Waals surface area contributed by atoms with Gasteiger partial charge in [-0.25, -0.2) is 0 Å². The van der Waals surface area contributed by atoms with E-state index in [-0.39, 0.29) is 23.9 Å². The SMILES string of the molecule is CNc1cc(N2CCC(CC3CCNCC3)CC2)ccc1C(=N)C1CCC(=O)NC1=O. The van der Waals surface area contributed by atoms with Crippen LogP contribution in [0.5, 0.6) is 0 Å². The summed E-state index contributed by atoms with van der Waals surface area (Å²) in [6.07, 6.45) is 7.20. The molecule has 3 aliphatic rings. The second-order valence-corrected chi connectivity index (χ2v) is 9.26. The third-order valence-corrected chi connectivity index (χ3v) is 7.26. The molecular formula is C24H35N5O2. The fourth-order valence-electron chi connectivity index (χ4n) is 5.34. The highest BCUT2D eigenvalue weighted by Crippen LogP contribution is 2.33. The van der Waals surface area contributed by atoms with Crippen molar-refractivity contribution in [3.8, 4) is 0 Å². The van der Waals surface area contributed by atoms with Crippen molar-refractivity contribution >= 4 is 28.9 Å². The first-order valence-corrected chi connectivity index (χ1v) is 11.7. The normalized spacial score (nSPS) is 23.5. The Morgan fingerprint density at radius 3 is 2.48 bits per heavy atom. The highest BCUT2D eigenvalue weighted by Gasteiger charge is 2.32. The van der Waals surface area contributed by atoms with E-state index in [0.717, 1.165) is 36.2 Å². The van der Waals surface area contributed by atoms with Gasteiger partial charge in [0.15, 0.2) is 0 Å². The topological polar surface area (TPSA) is 97.3 Å². The zero-order valence-corrected chi connectivity index (χ0v) is 18.5. The molecule has 0 radical (unpaired) electrons. The van der Waals surface area contributed by atoms with E-state index in [9.17, 15) is 9.59 Å². The maximum atomic E-state index is 12.2. The number of carbonyl (C=O) groups excluding carboxylic acids is 2. The predicted octanol–water partition coefficient (Wildman–Crippen LogP) is 2.76. The lowest BCUT2D eigenvalue weighted by Gasteiger charge is -2.36. The molecule has 168 valence electrons. The van der Waals surface area contributed by atoms with Crippen molar-refractivity contribution in [2.45, 2.75) is 44.9 Å². The summed E-state index contributed by atoms with van der Waals surface area (Å²) < 4.78 is 0. The van der Waals surface area contributed by atoms with Gasteiger partial charge in [0.25, 0.3) is 0 Å². The summed E-state index contributed by atoms with van der Waals surface area (Å²) in [5.41, 5.74) is 3.05. The molecular weight excluding hydrogens is 390 g/mol. The summed E-state index contributed by atoms with van der Waals surface area (Å²) in [7, 11) is 1.85. The summed E-state index contributed by atoms with van der Waals surface area (Å²) in [6, 6.07) is 6.13. The molecule has 4 rings (SSSR count). The van der Waals surface area contributed by atoms with Crippen LogP contribution in [-0.4, -0.2) is 50.8 Å². The van der Waals surface area contributed by atoms with Crippen LogP contribution in [0.4, 0.5) is 11.4 Å². The average molecular weight is 426 g/mol. The maximum absolute atomic E-state index is 12.2. The van der Waals surface area contributed by atoms with Gasteiger partial charge >= 0.3 is 0 Å². The first-order valence-electron chi connectivity index (χ1n) is 11.7. The number of hydrogen-bond donors (Lipinski definition) is 4. The predicted molar refractivity (Wildman–Crippen MR) is 124 cm³/mol. The third kappa shape index (κ3) is 5.09. The van der Waals surface area contributed by atoms with Crippen LogP contribution in [0.15, 0.2) is 18.2 Å². The van der Waals surface area contributed by atoms with Gasteiger partial charge in [0.2, 0.25) is 11.8 Å². The largest absolute Gasteiger partial charge is 0.388 e. The third-order valence-electron chi connectivity index (χ3n) is 7.26. The molecule has 1 aromatic carbocycles. The molecule has 1 atom stereocenters. The molecule has 3 heterocycles. The molecule has 1 aromatic rings. The fourth-order valence-corrected chi connectivity index (χ4v) is 5.34. The molecule has 0 spiro atoms. The average Bonchev–Trinajstić information content (AvgIpc) is 2.79. The number of imide groups is 1. The van der Waals surface area contributed by atoms with Gasteiger partial charge in [0, 0.05) is 43.5 Å². The van der Waals surface area contributed by atoms with E-state index in [4.69, 9.17) is 5.41 Å². The summed E-state index contributed by atoms with van der Waals surface area (Å²) in [5.74, 6) is 0.556. The smallest absolute Gasteiger partial charge is 0.235 e. The van der Waals surface area contributed by atoms with Crippen LogP contribution in [0.3, 0.4) is 0 Å². The van der Waals surface area contributed by atoms with Gasteiger partial charge in [-0.2, -0.15) is 0 Å². The summed E-state index contributed by atoms with van der Waals surface area (Å²) in [4.78, 5) is 26.1. The maximum Gasteiger partial charge on any atom is 0.235 e. The van der Waals surface area contributed by atoms with Crippen molar-refractivity contribution in [2.75, 3.05) is 43.4 Å². The van der Waals surface area contributed by atoms with Gasteiger partial charge in [0.1, 0.15) is 0 Å². The van der Waals surface area contributed by atoms with Crippen LogP contribution in [0.25, 0.3) is 0 Å². The van der Waals surface area contributed by atoms with Crippen LogP contribution in [0.1, 0.15) is 50.5 Å². The Kier molecular flexibility index (Phi) is 6.90. The second-order valence-electron chi connectivity index (χ2n) is 9.26. The molecule has 7 nitrogen and oxygen atoms in total. The Morgan fingerprint density at radius 1 is 1.10 bits per heavy atom. The van der Waals surface area contributed by atoms with E-state index in [0.29, 0.717) is 6.42 Å². The number of rotatable bonds is 6. The standard InChI is InChI=1S/C24H35N5O2/c1-26-21-15-18(2-3-19(21)23(25)20-4-5-22(30)28-24(20)31)29-12-8-17(9-13-29)14-16-6-10-27-11-7-16/h2-3,15-17,20,25-27H,4-14H2,1H3,(H,28,30,31). The van der Waals surface area contributed by atoms with Crippen molar-refractivity contribution in [1.82, 2.24) is 10.6 Å². The van der Waals surface area contributed by atoms with Crippen molar-refractivity contribution in [3.05, 3.63) is 23.8 Å². The van der Waals surface area contributed by atoms with E-state index in [2.05, 4.69) is 33.0 Å². The fraction of sp³-hybridized carbons (Fsp3) is 0.625. The Bertz CT molecular complexity index is 825. The Balaban J connectivity index is 1.38. The molecule has 3 saturated heterocycles. The van der Waals surface area contributed by atoms with Gasteiger partial charge in [-0.15, -0.1) is 0 Å². The van der Waals surface area contributed by atoms with Crippen molar-refractivity contribution in [1.29, 1.82) is 5.41 Å². The lowest BCUT2D eigenvalue weighted by atomic mass is 9.83. The number of nitrogens with one attached hydrogen (secondary N) is 4. The second kappa shape index (κ2) is 9.81. The molecule has 3 aliphatic heterocycles. The van der Waals surface area contributed by atoms with Crippen LogP contribution >= 0.6 is 0 Å². The molecule has 1 unspecified atom stereocenters. The molecule has 2 amide bonds. The van der Waals surface area contributed by atoms with Crippen LogP contribution < -0.4 is 20.9 Å². The quantitative estimate of drug-likeness (QED) is 0.415. The van der Waals surface area contributed by atoms with Crippen molar-refractivity contribution in [2.24, 2.45) is 17.8 Å². The summed E-state index contributed by atoms with van der Waals surface area (Å²) in [5, 5.41) is 17.6. The lowest BCUT2D eigenvalue weighted by Crippen LogP contribution is -2.44. The van der Waals surface area contributed by atoms with Gasteiger partial charge in [-0.3, -0.25) is 14.9 Å². The Morgan fingerprint density at radius 2 is 1.81 bits per heavy atom. The molecule has 0 aliphatic carbocycles. The van der Waals surface area contributed by atoms with E-state index < -0.39 is 5.92 Å². The number of carbonyl (C=O) groups is 2. The number of benzene rings is 1. The Labute approximate surface area is 184 Å². The molecule has 0 saturated carbocycles. The van der Waals surface area contributed by atoms with Gasteiger partial charge in [-0.1, -0.05) is 0 Å². The van der Waals surface area contributed by atoms with Crippen LogP contribution in [0, 0.1) is 23.2 Å². The molecule has 4 N–H and O–H groups in total. The molecule has 7 heteroatoms. The monoisotopic (exact) mass is 425 g/mol. The first-order chi connectivity index (χ1) is 15.0. The van der Waals surface area contributed by atoms with E-state index in [1.165, 1.54) is 50.9 Å². The first kappa shape index (κ1) is 21.8. The zero-order chi connectivity index (χ0) is 21.8. The Hall–Kier alpha value is -2.41. The van der Waals surface area contributed by atoms with Gasteiger partial charge in [-0.05, 0) is 81.6 Å². The number of piperidine rings is 3. The van der Waals surface area contributed by atoms with Crippen LogP contribution in [0.2, 0.25) is 0 Å². The number of hydrogen-bond acceptors (Lipinski definition) is 6. The van der Waals surface area contributed by atoms with E-state index in [1.807, 2.05) is 13.1 Å². The number of nitrogens with zero attached hydrogens (tertiary/aromatic N) is 1. The molecule has 0 bridgehead atoms.